The first kappa shape index (κ1) is 16.2. The summed E-state index contributed by atoms with van der Waals surface area (Å²) in [5, 5.41) is 0. The Balaban J connectivity index is 2.33. The highest BCUT2D eigenvalue weighted by Crippen LogP contribution is 2.12. The van der Waals surface area contributed by atoms with Gasteiger partial charge in [-0.2, -0.15) is 0 Å². The molecule has 1 heterocycles. The van der Waals surface area contributed by atoms with Crippen LogP contribution >= 0.6 is 0 Å². The Labute approximate surface area is 117 Å². The summed E-state index contributed by atoms with van der Waals surface area (Å²) < 4.78 is 5.26. The fourth-order valence-electron chi connectivity index (χ4n) is 2.44. The molecule has 1 aliphatic heterocycles. The molecule has 1 amide bonds. The maximum atomic E-state index is 11.8. The maximum absolute atomic E-state index is 11.8. The summed E-state index contributed by atoms with van der Waals surface area (Å²) in [5.74, 6) is 0.388. The first-order chi connectivity index (χ1) is 9.08. The van der Waals surface area contributed by atoms with Crippen molar-refractivity contribution in [1.29, 1.82) is 0 Å². The van der Waals surface area contributed by atoms with Gasteiger partial charge in [-0.05, 0) is 25.3 Å². The van der Waals surface area contributed by atoms with Gasteiger partial charge in [0.2, 0.25) is 0 Å². The molecule has 0 spiro atoms. The Bertz CT molecular complexity index is 263. The lowest BCUT2D eigenvalue weighted by Gasteiger charge is -2.38. The summed E-state index contributed by atoms with van der Waals surface area (Å²) in [6.07, 6.45) is 1.99. The Morgan fingerprint density at radius 2 is 1.89 bits per heavy atom. The number of hydrogen-bond acceptors (Lipinski definition) is 4. The first-order valence-corrected chi connectivity index (χ1v) is 7.44. The van der Waals surface area contributed by atoms with Gasteiger partial charge in [-0.25, -0.2) is 4.79 Å². The summed E-state index contributed by atoms with van der Waals surface area (Å²) in [6.45, 7) is 10.9. The third-order valence-corrected chi connectivity index (χ3v) is 3.60. The molecule has 0 aromatic carbocycles. The van der Waals surface area contributed by atoms with Crippen molar-refractivity contribution in [3.8, 4) is 0 Å². The van der Waals surface area contributed by atoms with Gasteiger partial charge in [0.05, 0.1) is 6.61 Å². The van der Waals surface area contributed by atoms with Crippen molar-refractivity contribution in [2.45, 2.75) is 39.7 Å². The lowest BCUT2D eigenvalue weighted by Crippen LogP contribution is -2.52. The summed E-state index contributed by atoms with van der Waals surface area (Å²) >= 11 is 0. The molecule has 19 heavy (non-hydrogen) atoms. The highest BCUT2D eigenvalue weighted by atomic mass is 16.6. The molecule has 2 N–H and O–H groups in total. The zero-order chi connectivity index (χ0) is 14.3. The molecule has 1 fully saturated rings. The average Bonchev–Trinajstić information content (AvgIpc) is 2.42. The third-order valence-electron chi connectivity index (χ3n) is 3.60. The summed E-state index contributed by atoms with van der Waals surface area (Å²) in [6, 6.07) is 0.554. The van der Waals surface area contributed by atoms with E-state index in [1.807, 2.05) is 18.7 Å². The highest BCUT2D eigenvalue weighted by molar-refractivity contribution is 5.67. The second-order valence-electron chi connectivity index (χ2n) is 5.63. The number of nitrogens with zero attached hydrogens (tertiary/aromatic N) is 2. The van der Waals surface area contributed by atoms with Crippen molar-refractivity contribution in [1.82, 2.24) is 9.80 Å². The van der Waals surface area contributed by atoms with Crippen LogP contribution in [0.1, 0.15) is 33.6 Å². The standard InChI is InChI=1S/C14H29N3O2/c1-4-13(5-6-15)16-7-9-17(10-8-16)14(18)19-11-12(2)3/h12-13H,4-11,15H2,1-3H3. The van der Waals surface area contributed by atoms with Gasteiger partial charge in [0.15, 0.2) is 0 Å². The van der Waals surface area contributed by atoms with E-state index >= 15 is 0 Å². The predicted octanol–water partition coefficient (Wildman–Crippen LogP) is 1.52. The molecule has 5 nitrogen and oxygen atoms in total. The second-order valence-corrected chi connectivity index (χ2v) is 5.63. The molecule has 0 bridgehead atoms. The topological polar surface area (TPSA) is 58.8 Å². The van der Waals surface area contributed by atoms with Gasteiger partial charge in [0.1, 0.15) is 0 Å². The van der Waals surface area contributed by atoms with Crippen LogP contribution in [-0.2, 0) is 4.74 Å². The third kappa shape index (κ3) is 5.37. The molecule has 1 saturated heterocycles. The van der Waals surface area contributed by atoms with Crippen molar-refractivity contribution in [2.24, 2.45) is 11.7 Å². The number of carbonyl (C=O) groups is 1. The van der Waals surface area contributed by atoms with Crippen molar-refractivity contribution >= 4 is 6.09 Å². The molecule has 0 aromatic heterocycles. The highest BCUT2D eigenvalue weighted by Gasteiger charge is 2.25. The monoisotopic (exact) mass is 271 g/mol. The largest absolute Gasteiger partial charge is 0.449 e. The van der Waals surface area contributed by atoms with Crippen molar-refractivity contribution in [2.75, 3.05) is 39.3 Å². The number of rotatable bonds is 6. The van der Waals surface area contributed by atoms with Crippen LogP contribution in [0, 0.1) is 5.92 Å². The van der Waals surface area contributed by atoms with Crippen molar-refractivity contribution in [3.05, 3.63) is 0 Å². The average molecular weight is 271 g/mol. The van der Waals surface area contributed by atoms with Gasteiger partial charge in [-0.1, -0.05) is 20.8 Å². The molecule has 0 saturated carbocycles. The molecule has 0 aliphatic carbocycles. The Hall–Kier alpha value is -0.810. The van der Waals surface area contributed by atoms with Crippen LogP contribution in [0.5, 0.6) is 0 Å². The molecule has 1 atom stereocenters. The Morgan fingerprint density at radius 1 is 1.26 bits per heavy atom. The number of ether oxygens (including phenoxy) is 1. The van der Waals surface area contributed by atoms with Crippen LogP contribution in [0.25, 0.3) is 0 Å². The number of nitrogens with two attached hydrogens (primary N) is 1. The van der Waals surface area contributed by atoms with E-state index in [2.05, 4.69) is 11.8 Å². The van der Waals surface area contributed by atoms with E-state index in [0.717, 1.165) is 45.6 Å². The minimum Gasteiger partial charge on any atom is -0.449 e. The number of carbonyl (C=O) groups excluding carboxylic acids is 1. The van der Waals surface area contributed by atoms with Crippen LogP contribution in [0.2, 0.25) is 0 Å². The van der Waals surface area contributed by atoms with Crippen LogP contribution in [-0.4, -0.2) is 61.3 Å². The van der Waals surface area contributed by atoms with Gasteiger partial charge in [-0.15, -0.1) is 0 Å². The molecule has 0 aromatic rings. The molecule has 1 aliphatic rings. The summed E-state index contributed by atoms with van der Waals surface area (Å²) in [7, 11) is 0. The van der Waals surface area contributed by atoms with E-state index in [-0.39, 0.29) is 6.09 Å². The molecule has 112 valence electrons. The molecule has 1 unspecified atom stereocenters. The zero-order valence-corrected chi connectivity index (χ0v) is 12.6. The van der Waals surface area contributed by atoms with Crippen molar-refractivity contribution < 1.29 is 9.53 Å². The van der Waals surface area contributed by atoms with Crippen LogP contribution in [0.15, 0.2) is 0 Å². The van der Waals surface area contributed by atoms with E-state index in [1.54, 1.807) is 0 Å². The van der Waals surface area contributed by atoms with Crippen LogP contribution < -0.4 is 5.73 Å². The summed E-state index contributed by atoms with van der Waals surface area (Å²) in [4.78, 5) is 16.1. The van der Waals surface area contributed by atoms with E-state index in [0.29, 0.717) is 18.6 Å². The minimum atomic E-state index is -0.166. The number of piperazine rings is 1. The van der Waals surface area contributed by atoms with Gasteiger partial charge in [0, 0.05) is 32.2 Å². The second kappa shape index (κ2) is 8.38. The van der Waals surface area contributed by atoms with Gasteiger partial charge in [-0.3, -0.25) is 4.90 Å². The van der Waals surface area contributed by atoms with Gasteiger partial charge in [0.25, 0.3) is 0 Å². The Kier molecular flexibility index (Phi) is 7.16. The van der Waals surface area contributed by atoms with Crippen LogP contribution in [0.4, 0.5) is 4.79 Å². The Morgan fingerprint density at radius 3 is 2.37 bits per heavy atom. The van der Waals surface area contributed by atoms with Crippen molar-refractivity contribution in [3.63, 3.8) is 0 Å². The minimum absolute atomic E-state index is 0.166. The smallest absolute Gasteiger partial charge is 0.409 e. The van der Waals surface area contributed by atoms with E-state index in [4.69, 9.17) is 10.5 Å². The van der Waals surface area contributed by atoms with E-state index in [9.17, 15) is 4.79 Å². The summed E-state index contributed by atoms with van der Waals surface area (Å²) in [5.41, 5.74) is 5.64. The molecule has 0 radical (unpaired) electrons. The fourth-order valence-corrected chi connectivity index (χ4v) is 2.44. The molecule has 5 heteroatoms. The lowest BCUT2D eigenvalue weighted by atomic mass is 10.1. The number of amides is 1. The number of hydrogen-bond donors (Lipinski definition) is 1. The lowest BCUT2D eigenvalue weighted by molar-refractivity contribution is 0.0562. The molecule has 1 rings (SSSR count). The zero-order valence-electron chi connectivity index (χ0n) is 12.6. The maximum Gasteiger partial charge on any atom is 0.409 e. The van der Waals surface area contributed by atoms with Gasteiger partial charge < -0.3 is 15.4 Å². The van der Waals surface area contributed by atoms with E-state index < -0.39 is 0 Å². The fraction of sp³-hybridized carbons (Fsp3) is 0.929. The van der Waals surface area contributed by atoms with E-state index in [1.165, 1.54) is 0 Å². The SMILES string of the molecule is CCC(CCN)N1CCN(C(=O)OCC(C)C)CC1. The first-order valence-electron chi connectivity index (χ1n) is 7.44. The van der Waals surface area contributed by atoms with Crippen LogP contribution in [0.3, 0.4) is 0 Å². The molecular formula is C14H29N3O2. The normalized spacial score (nSPS) is 18.7. The molecular weight excluding hydrogens is 242 g/mol. The predicted molar refractivity (Wildman–Crippen MR) is 77.1 cm³/mol. The quantitative estimate of drug-likeness (QED) is 0.796. The van der Waals surface area contributed by atoms with Gasteiger partial charge >= 0.3 is 6.09 Å².